The van der Waals surface area contributed by atoms with E-state index in [1.807, 2.05) is 0 Å². The van der Waals surface area contributed by atoms with Gasteiger partial charge in [0, 0.05) is 11.8 Å². The lowest BCUT2D eigenvalue weighted by molar-refractivity contribution is 0.170. The highest BCUT2D eigenvalue weighted by Gasteiger charge is 2.28. The zero-order valence-corrected chi connectivity index (χ0v) is 11.8. The Morgan fingerprint density at radius 1 is 1.44 bits per heavy atom. The second kappa shape index (κ2) is 4.40. The quantitative estimate of drug-likeness (QED) is 0.758. The van der Waals surface area contributed by atoms with Crippen LogP contribution in [0.3, 0.4) is 0 Å². The van der Waals surface area contributed by atoms with E-state index in [2.05, 4.69) is 54.9 Å². The maximum Gasteiger partial charge on any atom is 0.123 e. The summed E-state index contributed by atoms with van der Waals surface area (Å²) in [6.45, 7) is 6.69. The van der Waals surface area contributed by atoms with Gasteiger partial charge in [0.1, 0.15) is 11.9 Å². The van der Waals surface area contributed by atoms with Crippen LogP contribution in [0.4, 0.5) is 0 Å². The molecule has 1 nitrogen and oxygen atoms in total. The van der Waals surface area contributed by atoms with Gasteiger partial charge in [0.05, 0.1) is 0 Å². The van der Waals surface area contributed by atoms with E-state index in [-0.39, 0.29) is 0 Å². The van der Waals surface area contributed by atoms with Gasteiger partial charge in [0.25, 0.3) is 0 Å². The molecule has 1 aliphatic rings. The molecule has 0 saturated heterocycles. The maximum absolute atomic E-state index is 5.98. The van der Waals surface area contributed by atoms with Crippen molar-refractivity contribution in [2.45, 2.75) is 39.7 Å². The Morgan fingerprint density at radius 3 is 2.88 bits per heavy atom. The molecular weight excluding hydrogens is 264 g/mol. The van der Waals surface area contributed by atoms with E-state index in [4.69, 9.17) is 4.74 Å². The van der Waals surface area contributed by atoms with Crippen molar-refractivity contribution >= 4 is 15.9 Å². The van der Waals surface area contributed by atoms with Crippen molar-refractivity contribution in [1.29, 1.82) is 0 Å². The summed E-state index contributed by atoms with van der Waals surface area (Å²) in [5.41, 5.74) is 3.00. The Hall–Kier alpha value is -0.500. The van der Waals surface area contributed by atoms with Gasteiger partial charge in [-0.1, -0.05) is 47.5 Å². The number of alkyl halides is 1. The summed E-state index contributed by atoms with van der Waals surface area (Å²) in [4.78, 5) is 0. The minimum atomic E-state index is 0.307. The molecule has 0 bridgehead atoms. The number of benzene rings is 1. The highest BCUT2D eigenvalue weighted by Crippen LogP contribution is 2.35. The highest BCUT2D eigenvalue weighted by atomic mass is 79.9. The van der Waals surface area contributed by atoms with E-state index < -0.39 is 0 Å². The molecular formula is C14H19BrO. The number of aryl methyl sites for hydroxylation is 1. The Morgan fingerprint density at radius 2 is 2.19 bits per heavy atom. The number of ether oxygens (including phenoxy) is 1. The van der Waals surface area contributed by atoms with Gasteiger partial charge in [0.15, 0.2) is 0 Å². The fraction of sp³-hybridized carbons (Fsp3) is 0.571. The monoisotopic (exact) mass is 282 g/mol. The average Bonchev–Trinajstić information content (AvgIpc) is 2.58. The molecule has 88 valence electrons. The van der Waals surface area contributed by atoms with E-state index >= 15 is 0 Å². The molecule has 0 aliphatic carbocycles. The molecule has 0 N–H and O–H groups in total. The van der Waals surface area contributed by atoms with Gasteiger partial charge in [-0.2, -0.15) is 0 Å². The Kier molecular flexibility index (Phi) is 3.29. The highest BCUT2D eigenvalue weighted by molar-refractivity contribution is 9.09. The minimum Gasteiger partial charge on any atom is -0.490 e. The van der Waals surface area contributed by atoms with Gasteiger partial charge in [0.2, 0.25) is 0 Å². The topological polar surface area (TPSA) is 9.23 Å². The van der Waals surface area contributed by atoms with Crippen molar-refractivity contribution in [2.24, 2.45) is 5.41 Å². The van der Waals surface area contributed by atoms with Gasteiger partial charge in [-0.3, -0.25) is 0 Å². The molecule has 0 fully saturated rings. The molecule has 1 unspecified atom stereocenters. The molecule has 1 atom stereocenters. The van der Waals surface area contributed by atoms with Gasteiger partial charge in [-0.15, -0.1) is 0 Å². The summed E-state index contributed by atoms with van der Waals surface area (Å²) in [5, 5.41) is 1.02. The molecule has 0 radical (unpaired) electrons. The number of hydrogen-bond acceptors (Lipinski definition) is 1. The fourth-order valence-corrected chi connectivity index (χ4v) is 2.46. The Labute approximate surface area is 106 Å². The Balaban J connectivity index is 2.06. The van der Waals surface area contributed by atoms with Gasteiger partial charge < -0.3 is 4.74 Å². The van der Waals surface area contributed by atoms with Gasteiger partial charge in [-0.05, 0) is 30.4 Å². The van der Waals surface area contributed by atoms with Crippen LogP contribution in [0.15, 0.2) is 18.2 Å². The lowest BCUT2D eigenvalue weighted by Gasteiger charge is -2.25. The molecule has 1 aliphatic heterocycles. The van der Waals surface area contributed by atoms with Crippen LogP contribution in [-0.2, 0) is 6.42 Å². The lowest BCUT2D eigenvalue weighted by Crippen LogP contribution is -2.25. The molecule has 0 aromatic heterocycles. The maximum atomic E-state index is 5.98. The van der Waals surface area contributed by atoms with Crippen molar-refractivity contribution in [2.75, 3.05) is 5.33 Å². The van der Waals surface area contributed by atoms with Crippen LogP contribution in [0.1, 0.15) is 31.4 Å². The van der Waals surface area contributed by atoms with Crippen LogP contribution < -0.4 is 4.74 Å². The third-order valence-corrected chi connectivity index (χ3v) is 4.62. The first kappa shape index (κ1) is 12.0. The summed E-state index contributed by atoms with van der Waals surface area (Å²) in [5.74, 6) is 1.08. The molecule has 0 amide bonds. The van der Waals surface area contributed by atoms with E-state index in [9.17, 15) is 0 Å². The predicted octanol–water partition coefficient (Wildman–Crippen LogP) is 4.11. The second-order valence-electron chi connectivity index (χ2n) is 5.56. The summed E-state index contributed by atoms with van der Waals surface area (Å²) in [6.07, 6.45) is 2.52. The van der Waals surface area contributed by atoms with Crippen molar-refractivity contribution < 1.29 is 4.74 Å². The zero-order chi connectivity index (χ0) is 11.8. The van der Waals surface area contributed by atoms with Crippen LogP contribution in [0, 0.1) is 12.3 Å². The van der Waals surface area contributed by atoms with Crippen molar-refractivity contribution in [1.82, 2.24) is 0 Å². The van der Waals surface area contributed by atoms with E-state index in [1.165, 1.54) is 11.1 Å². The summed E-state index contributed by atoms with van der Waals surface area (Å²) >= 11 is 3.57. The van der Waals surface area contributed by atoms with Crippen molar-refractivity contribution in [3.05, 3.63) is 29.3 Å². The first-order valence-corrected chi connectivity index (χ1v) is 6.94. The SMILES string of the molecule is Cc1ccc2c(c1)CC(CC(C)(C)CBr)O2. The zero-order valence-electron chi connectivity index (χ0n) is 10.2. The summed E-state index contributed by atoms with van der Waals surface area (Å²) in [6, 6.07) is 6.47. The molecule has 0 saturated carbocycles. The normalized spacial score (nSPS) is 19.4. The van der Waals surface area contributed by atoms with E-state index in [0.29, 0.717) is 11.5 Å². The number of halogens is 1. The number of hydrogen-bond donors (Lipinski definition) is 0. The predicted molar refractivity (Wildman–Crippen MR) is 71.5 cm³/mol. The minimum absolute atomic E-state index is 0.307. The smallest absolute Gasteiger partial charge is 0.123 e. The molecule has 0 spiro atoms. The van der Waals surface area contributed by atoms with Crippen LogP contribution in [0.25, 0.3) is 0 Å². The average molecular weight is 283 g/mol. The number of rotatable bonds is 3. The fourth-order valence-electron chi connectivity index (χ4n) is 2.23. The standard InChI is InChI=1S/C14H19BrO/c1-10-4-5-13-11(6-10)7-12(16-13)8-14(2,3)9-15/h4-6,12H,7-9H2,1-3H3. The van der Waals surface area contributed by atoms with Crippen molar-refractivity contribution in [3.8, 4) is 5.75 Å². The van der Waals surface area contributed by atoms with E-state index in [0.717, 1.165) is 23.9 Å². The largest absolute Gasteiger partial charge is 0.490 e. The first-order chi connectivity index (χ1) is 7.50. The van der Waals surface area contributed by atoms with Crippen molar-refractivity contribution in [3.63, 3.8) is 0 Å². The molecule has 1 heterocycles. The first-order valence-electron chi connectivity index (χ1n) is 5.82. The van der Waals surface area contributed by atoms with Crippen LogP contribution >= 0.6 is 15.9 Å². The molecule has 2 rings (SSSR count). The molecule has 2 heteroatoms. The van der Waals surface area contributed by atoms with Gasteiger partial charge in [-0.25, -0.2) is 0 Å². The van der Waals surface area contributed by atoms with Gasteiger partial charge >= 0.3 is 0 Å². The Bertz CT molecular complexity index is 384. The van der Waals surface area contributed by atoms with Crippen LogP contribution in [0.2, 0.25) is 0 Å². The third-order valence-electron chi connectivity index (χ3n) is 3.10. The molecule has 16 heavy (non-hydrogen) atoms. The number of fused-ring (bicyclic) bond motifs is 1. The van der Waals surface area contributed by atoms with E-state index in [1.54, 1.807) is 0 Å². The molecule has 1 aromatic carbocycles. The summed E-state index contributed by atoms with van der Waals surface area (Å²) < 4.78 is 5.98. The lowest BCUT2D eigenvalue weighted by atomic mass is 9.88. The van der Waals surface area contributed by atoms with Crippen LogP contribution in [0.5, 0.6) is 5.75 Å². The third kappa shape index (κ3) is 2.60. The molecule has 1 aromatic rings. The second-order valence-corrected chi connectivity index (χ2v) is 6.12. The summed E-state index contributed by atoms with van der Waals surface area (Å²) in [7, 11) is 0. The van der Waals surface area contributed by atoms with Crippen LogP contribution in [-0.4, -0.2) is 11.4 Å².